The second-order valence-electron chi connectivity index (χ2n) is 4.43. The lowest BCUT2D eigenvalue weighted by atomic mass is 10.0. The van der Waals surface area contributed by atoms with Gasteiger partial charge < -0.3 is 10.4 Å². The van der Waals surface area contributed by atoms with Gasteiger partial charge in [0.2, 0.25) is 5.91 Å². The first-order valence-corrected chi connectivity index (χ1v) is 6.46. The molecule has 0 aromatic heterocycles. The summed E-state index contributed by atoms with van der Waals surface area (Å²) in [6, 6.07) is 0. The number of carbonyl (C=O) groups excluding carboxylic acids is 1. The van der Waals surface area contributed by atoms with E-state index < -0.39 is 21.0 Å². The van der Waals surface area contributed by atoms with Crippen molar-refractivity contribution in [2.75, 3.05) is 6.54 Å². The molecule has 6 nitrogen and oxygen atoms in total. The average Bonchev–Trinajstić information content (AvgIpc) is 1.97. The van der Waals surface area contributed by atoms with Gasteiger partial charge in [-0.3, -0.25) is 9.35 Å². The van der Waals surface area contributed by atoms with Crippen LogP contribution in [0, 0.1) is 0 Å². The van der Waals surface area contributed by atoms with Crippen LogP contribution in [0.1, 0.15) is 33.6 Å². The van der Waals surface area contributed by atoms with Crippen molar-refractivity contribution in [2.45, 2.75) is 44.5 Å². The van der Waals surface area contributed by atoms with Crippen LogP contribution in [0.4, 0.5) is 0 Å². The Hall–Kier alpha value is -0.660. The van der Waals surface area contributed by atoms with Crippen molar-refractivity contribution in [3.05, 3.63) is 0 Å². The van der Waals surface area contributed by atoms with E-state index in [2.05, 4.69) is 5.32 Å². The highest BCUT2D eigenvalue weighted by Gasteiger charge is 2.29. The molecule has 3 N–H and O–H groups in total. The minimum Gasteiger partial charge on any atom is -0.390 e. The fourth-order valence-electron chi connectivity index (χ4n) is 1.32. The predicted molar refractivity (Wildman–Crippen MR) is 59.6 cm³/mol. The summed E-state index contributed by atoms with van der Waals surface area (Å²) in [6.45, 7) is 4.39. The molecule has 0 bridgehead atoms. The third-order valence-electron chi connectivity index (χ3n) is 1.99. The molecule has 0 saturated carbocycles. The summed E-state index contributed by atoms with van der Waals surface area (Å²) in [6.07, 6.45) is -0.00613. The van der Waals surface area contributed by atoms with Crippen LogP contribution in [0.15, 0.2) is 0 Å². The summed E-state index contributed by atoms with van der Waals surface area (Å²) >= 11 is 0. The van der Waals surface area contributed by atoms with Crippen molar-refractivity contribution in [1.29, 1.82) is 0 Å². The van der Waals surface area contributed by atoms with Crippen LogP contribution in [0.2, 0.25) is 0 Å². The van der Waals surface area contributed by atoms with Crippen molar-refractivity contribution in [3.63, 3.8) is 0 Å². The molecule has 0 aliphatic carbocycles. The van der Waals surface area contributed by atoms with Gasteiger partial charge >= 0.3 is 0 Å². The largest absolute Gasteiger partial charge is 0.390 e. The van der Waals surface area contributed by atoms with E-state index in [-0.39, 0.29) is 25.3 Å². The monoisotopic (exact) mass is 253 g/mol. The molecule has 0 saturated heterocycles. The first kappa shape index (κ1) is 15.3. The number of aliphatic hydroxyl groups is 1. The Kier molecular flexibility index (Phi) is 5.37. The standard InChI is InChI=1S/C9H19NO5S/c1-7(11)10-5-4-8(16(13,14)15)6-9(2,3)12/h8,12H,4-6H2,1-3H3,(H,10,11)(H,13,14,15). The van der Waals surface area contributed by atoms with Crippen molar-refractivity contribution >= 4 is 16.0 Å². The predicted octanol–water partition coefficient (Wildman–Crippen LogP) is -0.0700. The first-order chi connectivity index (χ1) is 7.02. The van der Waals surface area contributed by atoms with E-state index in [9.17, 15) is 18.3 Å². The average molecular weight is 253 g/mol. The summed E-state index contributed by atoms with van der Waals surface area (Å²) in [5.41, 5.74) is -1.18. The van der Waals surface area contributed by atoms with E-state index in [1.807, 2.05) is 0 Å². The Bertz CT molecular complexity index is 330. The quantitative estimate of drug-likeness (QED) is 0.575. The zero-order valence-corrected chi connectivity index (χ0v) is 10.5. The summed E-state index contributed by atoms with van der Waals surface area (Å²) in [5.74, 6) is -0.266. The van der Waals surface area contributed by atoms with Crippen LogP contribution in [0.3, 0.4) is 0 Å². The first-order valence-electron chi connectivity index (χ1n) is 4.95. The second kappa shape index (κ2) is 5.60. The fourth-order valence-corrected chi connectivity index (χ4v) is 2.36. The van der Waals surface area contributed by atoms with Gasteiger partial charge in [0.05, 0.1) is 10.9 Å². The van der Waals surface area contributed by atoms with Crippen LogP contribution in [-0.2, 0) is 14.9 Å². The van der Waals surface area contributed by atoms with E-state index >= 15 is 0 Å². The molecule has 0 fully saturated rings. The Balaban J connectivity index is 4.41. The highest BCUT2D eigenvalue weighted by Crippen LogP contribution is 2.18. The number of hydrogen-bond acceptors (Lipinski definition) is 4. The van der Waals surface area contributed by atoms with Crippen molar-refractivity contribution in [3.8, 4) is 0 Å². The maximum atomic E-state index is 11.0. The Morgan fingerprint density at radius 3 is 2.25 bits per heavy atom. The molecule has 0 heterocycles. The highest BCUT2D eigenvalue weighted by molar-refractivity contribution is 7.86. The summed E-state index contributed by atoms with van der Waals surface area (Å²) in [5, 5.41) is 10.9. The maximum Gasteiger partial charge on any atom is 0.267 e. The Labute approximate surface area is 95.8 Å². The second-order valence-corrected chi connectivity index (χ2v) is 6.12. The smallest absolute Gasteiger partial charge is 0.267 e. The molecule has 0 aromatic rings. The molecule has 7 heteroatoms. The van der Waals surface area contributed by atoms with E-state index in [4.69, 9.17) is 4.55 Å². The van der Waals surface area contributed by atoms with Gasteiger partial charge in [-0.05, 0) is 26.7 Å². The molecular weight excluding hydrogens is 234 g/mol. The number of hydrogen-bond donors (Lipinski definition) is 3. The molecule has 1 amide bonds. The van der Waals surface area contributed by atoms with Gasteiger partial charge in [-0.2, -0.15) is 8.42 Å². The highest BCUT2D eigenvalue weighted by atomic mass is 32.2. The molecule has 0 radical (unpaired) electrons. The molecule has 0 aliphatic rings. The normalized spacial score (nSPS) is 14.6. The van der Waals surface area contributed by atoms with Gasteiger partial charge in [0.15, 0.2) is 0 Å². The van der Waals surface area contributed by atoms with Crippen LogP contribution >= 0.6 is 0 Å². The molecular formula is C9H19NO5S. The maximum absolute atomic E-state index is 11.0. The topological polar surface area (TPSA) is 104 Å². The Morgan fingerprint density at radius 1 is 1.44 bits per heavy atom. The molecule has 1 unspecified atom stereocenters. The minimum atomic E-state index is -4.21. The molecule has 1 atom stereocenters. The number of nitrogens with one attached hydrogen (secondary N) is 1. The van der Waals surface area contributed by atoms with Gasteiger partial charge in [-0.25, -0.2) is 0 Å². The van der Waals surface area contributed by atoms with Crippen molar-refractivity contribution in [1.82, 2.24) is 5.32 Å². The lowest BCUT2D eigenvalue weighted by Crippen LogP contribution is -2.34. The lowest BCUT2D eigenvalue weighted by Gasteiger charge is -2.22. The van der Waals surface area contributed by atoms with E-state index in [1.54, 1.807) is 0 Å². The number of amides is 1. The molecule has 0 rings (SSSR count). The van der Waals surface area contributed by atoms with Gasteiger partial charge in [0, 0.05) is 13.5 Å². The SMILES string of the molecule is CC(=O)NCCC(CC(C)(C)O)S(=O)(=O)O. The van der Waals surface area contributed by atoms with E-state index in [1.165, 1.54) is 20.8 Å². The summed E-state index contributed by atoms with van der Waals surface area (Å²) < 4.78 is 31.0. The third kappa shape index (κ3) is 7.61. The zero-order valence-electron chi connectivity index (χ0n) is 9.73. The molecule has 96 valence electrons. The third-order valence-corrected chi connectivity index (χ3v) is 3.23. The number of rotatable bonds is 6. The molecule has 16 heavy (non-hydrogen) atoms. The summed E-state index contributed by atoms with van der Waals surface area (Å²) in [4.78, 5) is 10.6. The van der Waals surface area contributed by atoms with Crippen molar-refractivity contribution in [2.24, 2.45) is 0 Å². The van der Waals surface area contributed by atoms with Crippen LogP contribution in [0.5, 0.6) is 0 Å². The molecule has 0 aliphatic heterocycles. The van der Waals surface area contributed by atoms with Gasteiger partial charge in [0.1, 0.15) is 0 Å². The van der Waals surface area contributed by atoms with Gasteiger partial charge in [0.25, 0.3) is 10.1 Å². The zero-order chi connectivity index (χ0) is 13.0. The Morgan fingerprint density at radius 2 is 1.94 bits per heavy atom. The van der Waals surface area contributed by atoms with Gasteiger partial charge in [-0.15, -0.1) is 0 Å². The molecule has 0 spiro atoms. The van der Waals surface area contributed by atoms with Crippen molar-refractivity contribution < 1.29 is 22.9 Å². The molecule has 0 aromatic carbocycles. The van der Waals surface area contributed by atoms with E-state index in [0.717, 1.165) is 0 Å². The van der Waals surface area contributed by atoms with Crippen LogP contribution in [0.25, 0.3) is 0 Å². The van der Waals surface area contributed by atoms with Crippen LogP contribution in [-0.4, -0.2) is 41.4 Å². The summed E-state index contributed by atoms with van der Waals surface area (Å²) in [7, 11) is -4.21. The minimum absolute atomic E-state index is 0.0718. The fraction of sp³-hybridized carbons (Fsp3) is 0.889. The van der Waals surface area contributed by atoms with E-state index in [0.29, 0.717) is 0 Å². The van der Waals surface area contributed by atoms with Crippen LogP contribution < -0.4 is 5.32 Å². The lowest BCUT2D eigenvalue weighted by molar-refractivity contribution is -0.118. The number of carbonyl (C=O) groups is 1. The van der Waals surface area contributed by atoms with Gasteiger partial charge in [-0.1, -0.05) is 0 Å².